The number of amides is 1. The van der Waals surface area contributed by atoms with Gasteiger partial charge < -0.3 is 14.5 Å². The molecule has 8 nitrogen and oxygen atoms in total. The molecular weight excluding hydrogens is 370 g/mol. The molecule has 2 N–H and O–H groups in total. The molecule has 1 unspecified atom stereocenters. The van der Waals surface area contributed by atoms with Gasteiger partial charge in [-0.15, -0.1) is 0 Å². The normalized spacial score (nSPS) is 17.1. The van der Waals surface area contributed by atoms with E-state index in [1.807, 2.05) is 6.07 Å². The molecule has 1 saturated heterocycles. The number of rotatable bonds is 5. The maximum Gasteiger partial charge on any atom is 0.271 e. The second kappa shape index (κ2) is 8.06. The molecule has 1 aliphatic heterocycles. The summed E-state index contributed by atoms with van der Waals surface area (Å²) in [5, 5.41) is 21.1. The first kappa shape index (κ1) is 19.2. The third-order valence-electron chi connectivity index (χ3n) is 5.12. The molecule has 1 fully saturated rings. The van der Waals surface area contributed by atoms with Gasteiger partial charge in [0.25, 0.3) is 5.91 Å². The number of H-pyrrole nitrogens is 1. The van der Waals surface area contributed by atoms with Gasteiger partial charge in [0.15, 0.2) is 5.82 Å². The van der Waals surface area contributed by atoms with E-state index >= 15 is 0 Å². The van der Waals surface area contributed by atoms with Crippen LogP contribution in [0.1, 0.15) is 54.8 Å². The van der Waals surface area contributed by atoms with Crippen molar-refractivity contribution in [1.29, 1.82) is 0 Å². The minimum atomic E-state index is -0.120. The molecule has 1 amide bonds. The summed E-state index contributed by atoms with van der Waals surface area (Å²) in [6, 6.07) is 8.60. The summed E-state index contributed by atoms with van der Waals surface area (Å²) in [7, 11) is 0. The minimum absolute atomic E-state index is 0.0432. The van der Waals surface area contributed by atoms with Gasteiger partial charge in [0.2, 0.25) is 5.89 Å². The van der Waals surface area contributed by atoms with Crippen LogP contribution in [-0.4, -0.2) is 49.3 Å². The Morgan fingerprint density at radius 1 is 1.38 bits per heavy atom. The molecule has 0 aliphatic carbocycles. The van der Waals surface area contributed by atoms with E-state index < -0.39 is 0 Å². The Labute approximate surface area is 168 Å². The van der Waals surface area contributed by atoms with Crippen LogP contribution in [0.5, 0.6) is 5.75 Å². The number of aromatic hydroxyl groups is 1. The van der Waals surface area contributed by atoms with E-state index in [0.717, 1.165) is 25.1 Å². The van der Waals surface area contributed by atoms with Crippen molar-refractivity contribution in [2.24, 2.45) is 5.92 Å². The predicted molar refractivity (Wildman–Crippen MR) is 106 cm³/mol. The molecule has 1 aliphatic rings. The number of hydrogen-bond donors (Lipinski definition) is 2. The van der Waals surface area contributed by atoms with Crippen LogP contribution in [0.2, 0.25) is 0 Å². The highest BCUT2D eigenvalue weighted by Crippen LogP contribution is 2.29. The van der Waals surface area contributed by atoms with Gasteiger partial charge in [-0.05, 0) is 37.0 Å². The molecule has 1 atom stereocenters. The van der Waals surface area contributed by atoms with Gasteiger partial charge in [0, 0.05) is 25.1 Å². The highest BCUT2D eigenvalue weighted by molar-refractivity contribution is 5.93. The first-order valence-electron chi connectivity index (χ1n) is 9.96. The molecule has 3 aromatic rings. The quantitative estimate of drug-likeness (QED) is 0.686. The van der Waals surface area contributed by atoms with Crippen LogP contribution < -0.4 is 0 Å². The summed E-state index contributed by atoms with van der Waals surface area (Å²) in [4.78, 5) is 19.3. The summed E-state index contributed by atoms with van der Waals surface area (Å²) < 4.78 is 5.47. The van der Waals surface area contributed by atoms with Crippen molar-refractivity contribution in [3.05, 3.63) is 47.7 Å². The number of benzene rings is 1. The van der Waals surface area contributed by atoms with Crippen molar-refractivity contribution in [3.8, 4) is 17.0 Å². The van der Waals surface area contributed by atoms with E-state index in [-0.39, 0.29) is 17.6 Å². The number of likely N-dealkylation sites (tertiary alicyclic amines) is 1. The van der Waals surface area contributed by atoms with Crippen LogP contribution in [0.15, 0.2) is 34.9 Å². The number of carbonyl (C=O) groups is 1. The van der Waals surface area contributed by atoms with Crippen LogP contribution in [0.3, 0.4) is 0 Å². The van der Waals surface area contributed by atoms with Crippen molar-refractivity contribution >= 4 is 5.91 Å². The molecule has 8 heteroatoms. The van der Waals surface area contributed by atoms with E-state index in [4.69, 9.17) is 4.52 Å². The van der Waals surface area contributed by atoms with Crippen molar-refractivity contribution in [1.82, 2.24) is 25.2 Å². The highest BCUT2D eigenvalue weighted by Gasteiger charge is 2.30. The molecule has 0 bridgehead atoms. The van der Waals surface area contributed by atoms with Crippen LogP contribution >= 0.6 is 0 Å². The lowest BCUT2D eigenvalue weighted by Crippen LogP contribution is -2.39. The number of nitrogens with one attached hydrogen (secondary N) is 1. The second-order valence-corrected chi connectivity index (χ2v) is 7.92. The molecule has 2 aromatic heterocycles. The molecular formula is C21H25N5O3. The van der Waals surface area contributed by atoms with Gasteiger partial charge in [-0.3, -0.25) is 9.89 Å². The Morgan fingerprint density at radius 3 is 3.00 bits per heavy atom. The smallest absolute Gasteiger partial charge is 0.271 e. The zero-order valence-corrected chi connectivity index (χ0v) is 16.6. The van der Waals surface area contributed by atoms with Gasteiger partial charge in [-0.25, -0.2) is 0 Å². The summed E-state index contributed by atoms with van der Waals surface area (Å²) in [5.74, 6) is 1.84. The van der Waals surface area contributed by atoms with Gasteiger partial charge in [0.1, 0.15) is 11.4 Å². The molecule has 0 radical (unpaired) electrons. The molecule has 1 aromatic carbocycles. The Balaban J connectivity index is 1.47. The van der Waals surface area contributed by atoms with Crippen LogP contribution in [0, 0.1) is 5.92 Å². The molecule has 3 heterocycles. The minimum Gasteiger partial charge on any atom is -0.507 e. The highest BCUT2D eigenvalue weighted by atomic mass is 16.5. The fourth-order valence-electron chi connectivity index (χ4n) is 3.67. The monoisotopic (exact) mass is 395 g/mol. The molecule has 152 valence electrons. The number of carbonyl (C=O) groups excluding carboxylic acids is 1. The van der Waals surface area contributed by atoms with Gasteiger partial charge in [-0.2, -0.15) is 10.1 Å². The number of hydrogen-bond acceptors (Lipinski definition) is 6. The lowest BCUT2D eigenvalue weighted by atomic mass is 9.97. The Morgan fingerprint density at radius 2 is 2.21 bits per heavy atom. The predicted octanol–water partition coefficient (Wildman–Crippen LogP) is 3.38. The van der Waals surface area contributed by atoms with Gasteiger partial charge >= 0.3 is 0 Å². The number of phenolic OH excluding ortho intramolecular Hbond substituents is 1. The number of aromatic amines is 1. The van der Waals surface area contributed by atoms with Crippen LogP contribution in [-0.2, 0) is 6.42 Å². The average molecular weight is 395 g/mol. The fraction of sp³-hybridized carbons (Fsp3) is 0.429. The van der Waals surface area contributed by atoms with E-state index in [0.29, 0.717) is 41.8 Å². The number of nitrogens with zero attached hydrogens (tertiary/aromatic N) is 4. The fourth-order valence-corrected chi connectivity index (χ4v) is 3.67. The zero-order valence-electron chi connectivity index (χ0n) is 16.6. The maximum absolute atomic E-state index is 13.0. The summed E-state index contributed by atoms with van der Waals surface area (Å²) in [5.41, 5.74) is 1.52. The van der Waals surface area contributed by atoms with Gasteiger partial charge in [0.05, 0.1) is 11.6 Å². The number of aromatic nitrogens is 4. The number of para-hydroxylation sites is 1. The molecule has 0 spiro atoms. The van der Waals surface area contributed by atoms with E-state index in [1.165, 1.54) is 0 Å². The van der Waals surface area contributed by atoms with Crippen LogP contribution in [0.4, 0.5) is 0 Å². The van der Waals surface area contributed by atoms with E-state index in [9.17, 15) is 9.90 Å². The average Bonchev–Trinajstić information content (AvgIpc) is 3.37. The first-order chi connectivity index (χ1) is 14.0. The first-order valence-corrected chi connectivity index (χ1v) is 9.96. The third-order valence-corrected chi connectivity index (χ3v) is 5.12. The lowest BCUT2D eigenvalue weighted by molar-refractivity contribution is 0.0689. The van der Waals surface area contributed by atoms with Crippen molar-refractivity contribution in [2.45, 2.75) is 39.0 Å². The summed E-state index contributed by atoms with van der Waals surface area (Å²) in [6.07, 6.45) is 2.57. The zero-order chi connectivity index (χ0) is 20.4. The second-order valence-electron chi connectivity index (χ2n) is 7.92. The van der Waals surface area contributed by atoms with Crippen LogP contribution in [0.25, 0.3) is 11.3 Å². The largest absolute Gasteiger partial charge is 0.507 e. The van der Waals surface area contributed by atoms with Crippen molar-refractivity contribution in [2.75, 3.05) is 13.1 Å². The van der Waals surface area contributed by atoms with Crippen molar-refractivity contribution < 1.29 is 14.4 Å². The Bertz CT molecular complexity index is 994. The standard InChI is InChI=1S/C21H25N5O3/c1-13(2)10-19-22-20(29-25-19)14-6-5-9-26(12-14)21(28)17-11-16(23-24-17)15-7-3-4-8-18(15)27/h3-4,7-8,11,13-14,27H,5-6,9-10,12H2,1-2H3,(H,23,24). The molecule has 4 rings (SSSR count). The molecule has 0 saturated carbocycles. The number of phenols is 1. The maximum atomic E-state index is 13.0. The van der Waals surface area contributed by atoms with E-state index in [2.05, 4.69) is 34.2 Å². The number of piperidine rings is 1. The topological polar surface area (TPSA) is 108 Å². The van der Waals surface area contributed by atoms with Gasteiger partial charge in [-0.1, -0.05) is 31.1 Å². The Kier molecular flexibility index (Phi) is 5.33. The third kappa shape index (κ3) is 4.16. The summed E-state index contributed by atoms with van der Waals surface area (Å²) in [6.45, 7) is 5.44. The summed E-state index contributed by atoms with van der Waals surface area (Å²) >= 11 is 0. The molecule has 29 heavy (non-hydrogen) atoms. The van der Waals surface area contributed by atoms with E-state index in [1.54, 1.807) is 29.2 Å². The Hall–Kier alpha value is -3.16. The SMILES string of the molecule is CC(C)Cc1noc(C2CCCN(C(=O)c3cc(-c4ccccc4O)n[nH]3)C2)n1. The lowest BCUT2D eigenvalue weighted by Gasteiger charge is -2.30. The van der Waals surface area contributed by atoms with Crippen molar-refractivity contribution in [3.63, 3.8) is 0 Å².